The van der Waals surface area contributed by atoms with Crippen molar-refractivity contribution in [1.29, 1.82) is 0 Å². The third-order valence-corrected chi connectivity index (χ3v) is 3.93. The zero-order valence-electron chi connectivity index (χ0n) is 9.88. The van der Waals surface area contributed by atoms with E-state index < -0.39 is 0 Å². The molecule has 0 saturated carbocycles. The number of hydrogen-bond donors (Lipinski definition) is 1. The molecule has 3 aromatic rings. The number of nitrogens with zero attached hydrogens (tertiary/aromatic N) is 2. The Kier molecular flexibility index (Phi) is 3.19. The summed E-state index contributed by atoms with van der Waals surface area (Å²) in [5.74, 6) is 0. The summed E-state index contributed by atoms with van der Waals surface area (Å²) in [7, 11) is 0. The maximum atomic E-state index is 6.34. The van der Waals surface area contributed by atoms with Crippen molar-refractivity contribution in [1.82, 2.24) is 9.97 Å². The molecule has 0 aliphatic heterocycles. The average molecular weight is 288 g/mol. The Morgan fingerprint density at radius 1 is 1.11 bits per heavy atom. The second kappa shape index (κ2) is 4.99. The summed E-state index contributed by atoms with van der Waals surface area (Å²) in [6.07, 6.45) is 5.31. The summed E-state index contributed by atoms with van der Waals surface area (Å²) in [4.78, 5) is 9.12. The van der Waals surface area contributed by atoms with E-state index in [1.165, 1.54) is 11.3 Å². The number of rotatable bonds is 2. The molecule has 2 N–H and O–H groups in total. The minimum Gasteiger partial charge on any atom is -0.375 e. The van der Waals surface area contributed by atoms with Crippen LogP contribution in [0.15, 0.2) is 48.9 Å². The van der Waals surface area contributed by atoms with Crippen molar-refractivity contribution in [2.45, 2.75) is 0 Å². The molecule has 0 radical (unpaired) electrons. The van der Waals surface area contributed by atoms with Crippen LogP contribution in [0.25, 0.3) is 21.6 Å². The molecule has 0 aliphatic rings. The SMILES string of the molecule is Nc1ncc(-c2ccc(-c3cccnc3)cc2Cl)s1. The Labute approximate surface area is 119 Å². The quantitative estimate of drug-likeness (QED) is 0.772. The zero-order chi connectivity index (χ0) is 13.2. The van der Waals surface area contributed by atoms with Gasteiger partial charge >= 0.3 is 0 Å². The second-order valence-electron chi connectivity index (χ2n) is 4.00. The fourth-order valence-electron chi connectivity index (χ4n) is 1.84. The lowest BCUT2D eigenvalue weighted by Gasteiger charge is -2.05. The summed E-state index contributed by atoms with van der Waals surface area (Å²) in [6, 6.07) is 9.85. The maximum Gasteiger partial charge on any atom is 0.180 e. The molecule has 0 aliphatic carbocycles. The van der Waals surface area contributed by atoms with Gasteiger partial charge in [0.05, 0.1) is 4.88 Å². The van der Waals surface area contributed by atoms with Crippen LogP contribution in [0.1, 0.15) is 0 Å². The first kappa shape index (κ1) is 12.1. The third kappa shape index (κ3) is 2.45. The first-order valence-electron chi connectivity index (χ1n) is 5.65. The van der Waals surface area contributed by atoms with Crippen molar-refractivity contribution < 1.29 is 0 Å². The van der Waals surface area contributed by atoms with Crippen molar-refractivity contribution >= 4 is 28.1 Å². The van der Waals surface area contributed by atoms with Crippen LogP contribution in [-0.4, -0.2) is 9.97 Å². The number of pyridine rings is 1. The van der Waals surface area contributed by atoms with Crippen LogP contribution in [0.4, 0.5) is 5.13 Å². The molecule has 0 spiro atoms. The van der Waals surface area contributed by atoms with Crippen molar-refractivity contribution in [3.63, 3.8) is 0 Å². The van der Waals surface area contributed by atoms with Gasteiger partial charge in [-0.15, -0.1) is 0 Å². The highest BCUT2D eigenvalue weighted by atomic mass is 35.5. The molecule has 94 valence electrons. The van der Waals surface area contributed by atoms with Crippen LogP contribution in [0.2, 0.25) is 5.02 Å². The second-order valence-corrected chi connectivity index (χ2v) is 5.47. The fraction of sp³-hybridized carbons (Fsp3) is 0. The first-order chi connectivity index (χ1) is 9.24. The van der Waals surface area contributed by atoms with E-state index >= 15 is 0 Å². The van der Waals surface area contributed by atoms with Crippen molar-refractivity contribution in [2.75, 3.05) is 5.73 Å². The van der Waals surface area contributed by atoms with Gasteiger partial charge in [-0.25, -0.2) is 4.98 Å². The lowest BCUT2D eigenvalue weighted by molar-refractivity contribution is 1.33. The van der Waals surface area contributed by atoms with Gasteiger partial charge in [-0.2, -0.15) is 0 Å². The van der Waals surface area contributed by atoms with Crippen LogP contribution in [-0.2, 0) is 0 Å². The lowest BCUT2D eigenvalue weighted by atomic mass is 10.1. The van der Waals surface area contributed by atoms with E-state index in [2.05, 4.69) is 9.97 Å². The molecule has 0 fully saturated rings. The Balaban J connectivity index is 2.03. The molecule has 2 aromatic heterocycles. The van der Waals surface area contributed by atoms with Crippen molar-refractivity contribution in [3.8, 4) is 21.6 Å². The summed E-state index contributed by atoms with van der Waals surface area (Å²) >= 11 is 7.77. The van der Waals surface area contributed by atoms with Gasteiger partial charge in [0.25, 0.3) is 0 Å². The van der Waals surface area contributed by atoms with Gasteiger partial charge in [-0.05, 0) is 17.7 Å². The van der Waals surface area contributed by atoms with Crippen LogP contribution < -0.4 is 5.73 Å². The molecule has 0 amide bonds. The van der Waals surface area contributed by atoms with Gasteiger partial charge < -0.3 is 5.73 Å². The van der Waals surface area contributed by atoms with Gasteiger partial charge in [0, 0.05) is 34.7 Å². The van der Waals surface area contributed by atoms with Gasteiger partial charge in [0.2, 0.25) is 0 Å². The number of hydrogen-bond acceptors (Lipinski definition) is 4. The normalized spacial score (nSPS) is 10.6. The van der Waals surface area contributed by atoms with Gasteiger partial charge in [-0.1, -0.05) is 41.1 Å². The largest absolute Gasteiger partial charge is 0.375 e. The molecule has 2 heterocycles. The molecule has 0 unspecified atom stereocenters. The van der Waals surface area contributed by atoms with Crippen LogP contribution in [0, 0.1) is 0 Å². The number of benzene rings is 1. The molecule has 5 heteroatoms. The Morgan fingerprint density at radius 3 is 2.63 bits per heavy atom. The zero-order valence-corrected chi connectivity index (χ0v) is 11.4. The highest BCUT2D eigenvalue weighted by Gasteiger charge is 2.08. The smallest absolute Gasteiger partial charge is 0.180 e. The molecule has 0 saturated heterocycles. The van der Waals surface area contributed by atoms with E-state index in [1.807, 2.05) is 36.5 Å². The fourth-order valence-corrected chi connectivity index (χ4v) is 2.90. The molecule has 3 nitrogen and oxygen atoms in total. The Morgan fingerprint density at radius 2 is 2.00 bits per heavy atom. The minimum absolute atomic E-state index is 0.544. The predicted molar refractivity (Wildman–Crippen MR) is 80.2 cm³/mol. The first-order valence-corrected chi connectivity index (χ1v) is 6.85. The Bertz CT molecular complexity index is 710. The number of anilines is 1. The highest BCUT2D eigenvalue weighted by molar-refractivity contribution is 7.18. The van der Waals surface area contributed by atoms with E-state index in [9.17, 15) is 0 Å². The molecule has 1 aromatic carbocycles. The van der Waals surface area contributed by atoms with Crippen LogP contribution in [0.5, 0.6) is 0 Å². The van der Waals surface area contributed by atoms with Gasteiger partial charge in [0.1, 0.15) is 0 Å². The van der Waals surface area contributed by atoms with Crippen LogP contribution >= 0.6 is 22.9 Å². The monoisotopic (exact) mass is 287 g/mol. The van der Waals surface area contributed by atoms with E-state index in [0.29, 0.717) is 10.2 Å². The molecular formula is C14H10ClN3S. The van der Waals surface area contributed by atoms with E-state index in [0.717, 1.165) is 21.6 Å². The van der Waals surface area contributed by atoms with E-state index in [4.69, 9.17) is 17.3 Å². The minimum atomic E-state index is 0.544. The number of aromatic nitrogens is 2. The van der Waals surface area contributed by atoms with Gasteiger partial charge in [0.15, 0.2) is 5.13 Å². The number of nitrogen functional groups attached to an aromatic ring is 1. The maximum absolute atomic E-state index is 6.34. The lowest BCUT2D eigenvalue weighted by Crippen LogP contribution is -1.81. The molecule has 0 atom stereocenters. The summed E-state index contributed by atoms with van der Waals surface area (Å²) in [5, 5.41) is 1.23. The molecule has 3 rings (SSSR count). The topological polar surface area (TPSA) is 51.8 Å². The number of thiazole rings is 1. The predicted octanol–water partition coefficient (Wildman–Crippen LogP) is 4.11. The molecular weight excluding hydrogens is 278 g/mol. The van der Waals surface area contributed by atoms with Crippen molar-refractivity contribution in [3.05, 3.63) is 53.9 Å². The number of halogens is 1. The number of nitrogens with two attached hydrogens (primary N) is 1. The van der Waals surface area contributed by atoms with Crippen molar-refractivity contribution in [2.24, 2.45) is 0 Å². The average Bonchev–Trinajstić information content (AvgIpc) is 2.86. The summed E-state index contributed by atoms with van der Waals surface area (Å²) in [6.45, 7) is 0. The summed E-state index contributed by atoms with van der Waals surface area (Å²) in [5.41, 5.74) is 8.67. The highest BCUT2D eigenvalue weighted by Crippen LogP contribution is 2.35. The Hall–Kier alpha value is -1.91. The van der Waals surface area contributed by atoms with E-state index in [-0.39, 0.29) is 0 Å². The third-order valence-electron chi connectivity index (χ3n) is 2.75. The molecule has 0 bridgehead atoms. The van der Waals surface area contributed by atoms with E-state index in [1.54, 1.807) is 12.4 Å². The van der Waals surface area contributed by atoms with Crippen LogP contribution in [0.3, 0.4) is 0 Å². The summed E-state index contributed by atoms with van der Waals surface area (Å²) < 4.78 is 0. The standard InChI is InChI=1S/C14H10ClN3S/c15-12-6-9(10-2-1-5-17-7-10)3-4-11(12)13-8-18-14(16)19-13/h1-8H,(H2,16,18). The molecule has 19 heavy (non-hydrogen) atoms. The van der Waals surface area contributed by atoms with Gasteiger partial charge in [-0.3, -0.25) is 4.98 Å².